The zero-order valence-electron chi connectivity index (χ0n) is 17.5. The van der Waals surface area contributed by atoms with Crippen molar-refractivity contribution in [3.05, 3.63) is 24.3 Å². The lowest BCUT2D eigenvalue weighted by Crippen LogP contribution is -2.53. The predicted molar refractivity (Wildman–Crippen MR) is 114 cm³/mol. The van der Waals surface area contributed by atoms with Crippen LogP contribution in [-0.2, 0) is 14.3 Å². The van der Waals surface area contributed by atoms with E-state index in [1.165, 1.54) is 6.92 Å². The van der Waals surface area contributed by atoms with E-state index >= 15 is 0 Å². The van der Waals surface area contributed by atoms with Gasteiger partial charge in [-0.05, 0) is 36.8 Å². The Bertz CT molecular complexity index is 767. The van der Waals surface area contributed by atoms with Gasteiger partial charge < -0.3 is 20.5 Å². The second-order valence-corrected chi connectivity index (χ2v) is 8.74. The van der Waals surface area contributed by atoms with Crippen molar-refractivity contribution in [2.24, 2.45) is 11.8 Å². The zero-order chi connectivity index (χ0) is 21.1. The number of carbonyl (C=O) groups is 2. The van der Waals surface area contributed by atoms with Crippen molar-refractivity contribution in [3.8, 4) is 0 Å². The highest BCUT2D eigenvalue weighted by Gasteiger charge is 2.43. The van der Waals surface area contributed by atoms with Gasteiger partial charge in [0.2, 0.25) is 11.8 Å². The number of hydrogen-bond acceptors (Lipinski definition) is 6. The van der Waals surface area contributed by atoms with Crippen molar-refractivity contribution in [3.63, 3.8) is 0 Å². The Morgan fingerprint density at radius 1 is 1.07 bits per heavy atom. The Kier molecular flexibility index (Phi) is 6.67. The number of para-hydroxylation sites is 2. The summed E-state index contributed by atoms with van der Waals surface area (Å²) in [5, 5.41) is 16.4. The molecule has 2 saturated heterocycles. The van der Waals surface area contributed by atoms with Crippen LogP contribution in [0.15, 0.2) is 24.3 Å². The van der Waals surface area contributed by atoms with Gasteiger partial charge in [-0.15, -0.1) is 0 Å². The van der Waals surface area contributed by atoms with Crippen molar-refractivity contribution in [2.45, 2.75) is 31.9 Å². The smallest absolute Gasteiger partial charge is 0.238 e. The number of hydrogen-bond donors (Lipinski definition) is 3. The maximum absolute atomic E-state index is 12.7. The number of aliphatic hydroxyl groups excluding tert-OH is 1. The number of carbonyl (C=O) groups excluding carboxylic acids is 2. The van der Waals surface area contributed by atoms with Crippen molar-refractivity contribution in [1.82, 2.24) is 9.80 Å². The molecule has 0 bridgehead atoms. The van der Waals surface area contributed by atoms with Gasteiger partial charge in [0.1, 0.15) is 0 Å². The monoisotopic (exact) mass is 416 g/mol. The van der Waals surface area contributed by atoms with E-state index in [0.717, 1.165) is 52.2 Å². The molecule has 3 aliphatic rings. The highest BCUT2D eigenvalue weighted by atomic mass is 16.5. The molecule has 0 spiro atoms. The number of fused-ring (bicyclic) bond motifs is 1. The van der Waals surface area contributed by atoms with E-state index in [4.69, 9.17) is 4.74 Å². The maximum Gasteiger partial charge on any atom is 0.238 e. The second-order valence-electron chi connectivity index (χ2n) is 8.74. The summed E-state index contributed by atoms with van der Waals surface area (Å²) < 4.78 is 5.45. The van der Waals surface area contributed by atoms with Crippen LogP contribution in [0.25, 0.3) is 0 Å². The molecule has 4 rings (SSSR count). The Hall–Kier alpha value is -2.00. The highest BCUT2D eigenvalue weighted by Crippen LogP contribution is 2.38. The number of nitrogens with one attached hydrogen (secondary N) is 2. The zero-order valence-corrected chi connectivity index (χ0v) is 17.5. The lowest BCUT2D eigenvalue weighted by Gasteiger charge is -2.43. The van der Waals surface area contributed by atoms with Crippen LogP contribution in [0.1, 0.15) is 19.8 Å². The van der Waals surface area contributed by atoms with Gasteiger partial charge in [0.15, 0.2) is 0 Å². The third kappa shape index (κ3) is 5.00. The largest absolute Gasteiger partial charge is 0.391 e. The van der Waals surface area contributed by atoms with Crippen LogP contribution in [0.2, 0.25) is 0 Å². The van der Waals surface area contributed by atoms with E-state index in [9.17, 15) is 14.7 Å². The second kappa shape index (κ2) is 9.43. The molecule has 30 heavy (non-hydrogen) atoms. The summed E-state index contributed by atoms with van der Waals surface area (Å²) >= 11 is 0. The van der Waals surface area contributed by atoms with E-state index in [0.29, 0.717) is 29.8 Å². The van der Waals surface area contributed by atoms with Gasteiger partial charge in [-0.25, -0.2) is 0 Å². The number of nitrogens with zero attached hydrogens (tertiary/aromatic N) is 2. The molecule has 0 aromatic heterocycles. The van der Waals surface area contributed by atoms with Gasteiger partial charge in [-0.1, -0.05) is 12.1 Å². The molecule has 164 valence electrons. The fourth-order valence-electron chi connectivity index (χ4n) is 5.22. The van der Waals surface area contributed by atoms with Crippen LogP contribution in [0.3, 0.4) is 0 Å². The summed E-state index contributed by atoms with van der Waals surface area (Å²) in [5.74, 6) is 0.697. The SMILES string of the molecule is CC(=O)Nc1ccccc1NC(=O)CN1C[C@H]2C[C@@H](N3CCOCC3)[C@H](O)C[C@H]2C1. The van der Waals surface area contributed by atoms with Gasteiger partial charge in [-0.3, -0.25) is 19.4 Å². The van der Waals surface area contributed by atoms with Crippen LogP contribution >= 0.6 is 0 Å². The van der Waals surface area contributed by atoms with Gasteiger partial charge in [-0.2, -0.15) is 0 Å². The average molecular weight is 417 g/mol. The Labute approximate surface area is 177 Å². The molecule has 0 radical (unpaired) electrons. The number of ether oxygens (including phenoxy) is 1. The first-order chi connectivity index (χ1) is 14.5. The normalized spacial score (nSPS) is 29.9. The molecule has 8 heteroatoms. The number of aliphatic hydroxyl groups is 1. The molecule has 1 aromatic carbocycles. The first-order valence-electron chi connectivity index (χ1n) is 10.9. The minimum atomic E-state index is -0.303. The fourth-order valence-corrected chi connectivity index (χ4v) is 5.22. The Morgan fingerprint density at radius 2 is 1.70 bits per heavy atom. The van der Waals surface area contributed by atoms with Crippen LogP contribution < -0.4 is 10.6 Å². The van der Waals surface area contributed by atoms with Crippen molar-refractivity contribution in [1.29, 1.82) is 0 Å². The molecule has 0 unspecified atom stereocenters. The number of morpholine rings is 1. The number of rotatable bonds is 5. The summed E-state index contributed by atoms with van der Waals surface area (Å²) in [4.78, 5) is 28.6. The molecule has 2 amide bonds. The number of benzene rings is 1. The maximum atomic E-state index is 12.7. The first-order valence-corrected chi connectivity index (χ1v) is 10.9. The lowest BCUT2D eigenvalue weighted by atomic mass is 9.77. The first kappa shape index (κ1) is 21.2. The molecule has 3 N–H and O–H groups in total. The van der Waals surface area contributed by atoms with Crippen LogP contribution in [0.4, 0.5) is 11.4 Å². The minimum absolute atomic E-state index is 0.0864. The molecule has 1 aromatic rings. The molecule has 3 fully saturated rings. The van der Waals surface area contributed by atoms with E-state index in [1.807, 2.05) is 12.1 Å². The summed E-state index contributed by atoms with van der Waals surface area (Å²) in [6.45, 7) is 6.76. The minimum Gasteiger partial charge on any atom is -0.391 e. The molecule has 4 atom stereocenters. The van der Waals surface area contributed by atoms with Gasteiger partial charge in [0.05, 0.1) is 37.2 Å². The van der Waals surface area contributed by atoms with Crippen LogP contribution in [0.5, 0.6) is 0 Å². The topological polar surface area (TPSA) is 94.1 Å². The standard InChI is InChI=1S/C22H32N4O4/c1-15(27)23-18-4-2-3-5-19(18)24-22(29)14-25-12-16-10-20(21(28)11-17(16)13-25)26-6-8-30-9-7-26/h2-5,16-17,20-21,28H,6-14H2,1H3,(H,23,27)(H,24,29)/t16-,17+,20-,21-/m1/s1. The number of likely N-dealkylation sites (tertiary alicyclic amines) is 1. The molecule has 1 aliphatic carbocycles. The predicted octanol–water partition coefficient (Wildman–Crippen LogP) is 0.987. The molecule has 8 nitrogen and oxygen atoms in total. The van der Waals surface area contributed by atoms with Crippen molar-refractivity contribution >= 4 is 23.2 Å². The van der Waals surface area contributed by atoms with Crippen molar-refractivity contribution < 1.29 is 19.4 Å². The Morgan fingerprint density at radius 3 is 2.37 bits per heavy atom. The summed E-state index contributed by atoms with van der Waals surface area (Å²) in [7, 11) is 0. The number of anilines is 2. The molecule has 2 aliphatic heterocycles. The number of amides is 2. The fraction of sp³-hybridized carbons (Fsp3) is 0.636. The third-order valence-electron chi connectivity index (χ3n) is 6.58. The average Bonchev–Trinajstić information content (AvgIpc) is 3.10. The molecule has 1 saturated carbocycles. The van der Waals surface area contributed by atoms with Crippen molar-refractivity contribution in [2.75, 3.05) is 56.6 Å². The molecule has 2 heterocycles. The van der Waals surface area contributed by atoms with Crippen LogP contribution in [0, 0.1) is 11.8 Å². The van der Waals surface area contributed by atoms with Gasteiger partial charge in [0, 0.05) is 39.1 Å². The lowest BCUT2D eigenvalue weighted by molar-refractivity contribution is -0.117. The van der Waals surface area contributed by atoms with E-state index in [1.54, 1.807) is 12.1 Å². The van der Waals surface area contributed by atoms with Gasteiger partial charge >= 0.3 is 0 Å². The van der Waals surface area contributed by atoms with E-state index < -0.39 is 0 Å². The summed E-state index contributed by atoms with van der Waals surface area (Å²) in [6, 6.07) is 7.42. The summed E-state index contributed by atoms with van der Waals surface area (Å²) in [5.41, 5.74) is 1.21. The summed E-state index contributed by atoms with van der Waals surface area (Å²) in [6.07, 6.45) is 1.48. The molecular formula is C22H32N4O4. The molecular weight excluding hydrogens is 384 g/mol. The Balaban J connectivity index is 1.32. The van der Waals surface area contributed by atoms with Gasteiger partial charge in [0.25, 0.3) is 0 Å². The third-order valence-corrected chi connectivity index (χ3v) is 6.58. The van der Waals surface area contributed by atoms with E-state index in [2.05, 4.69) is 20.4 Å². The quantitative estimate of drug-likeness (QED) is 0.663. The highest BCUT2D eigenvalue weighted by molar-refractivity contribution is 5.99. The van der Waals surface area contributed by atoms with E-state index in [-0.39, 0.29) is 24.0 Å². The van der Waals surface area contributed by atoms with Crippen LogP contribution in [-0.4, -0.2) is 84.8 Å².